The Balaban J connectivity index is 2.73. The van der Waals surface area contributed by atoms with Crippen molar-refractivity contribution in [2.24, 2.45) is 5.73 Å². The molecule has 1 heterocycles. The quantitative estimate of drug-likeness (QED) is 0.855. The highest BCUT2D eigenvalue weighted by Crippen LogP contribution is 2.21. The van der Waals surface area contributed by atoms with Gasteiger partial charge in [-0.05, 0) is 31.5 Å². The van der Waals surface area contributed by atoms with Crippen LogP contribution in [0.5, 0.6) is 0 Å². The molecule has 5 heteroatoms. The van der Waals surface area contributed by atoms with Gasteiger partial charge >= 0.3 is 0 Å². The summed E-state index contributed by atoms with van der Waals surface area (Å²) in [6.45, 7) is 1.81. The molecule has 0 spiro atoms. The van der Waals surface area contributed by atoms with Gasteiger partial charge < -0.3 is 15.9 Å². The standard InChI is InChI=1S/C12H13ClN2O2/c1-6(14)4-9-11(16)8-5-7(13)2-3-10(8)17-12(9)15/h2-3,5-6H,4,14-15H2,1H3. The van der Waals surface area contributed by atoms with Gasteiger partial charge in [-0.15, -0.1) is 0 Å². The molecule has 0 amide bonds. The summed E-state index contributed by atoms with van der Waals surface area (Å²) < 4.78 is 5.39. The monoisotopic (exact) mass is 252 g/mol. The van der Waals surface area contributed by atoms with E-state index in [0.29, 0.717) is 28.0 Å². The van der Waals surface area contributed by atoms with Crippen LogP contribution in [0.3, 0.4) is 0 Å². The fourth-order valence-corrected chi connectivity index (χ4v) is 1.91. The fraction of sp³-hybridized carbons (Fsp3) is 0.250. The molecule has 0 aliphatic heterocycles. The minimum atomic E-state index is -0.163. The molecule has 4 nitrogen and oxygen atoms in total. The Morgan fingerprint density at radius 2 is 2.18 bits per heavy atom. The number of hydrogen-bond acceptors (Lipinski definition) is 4. The summed E-state index contributed by atoms with van der Waals surface area (Å²) in [5.41, 5.74) is 12.1. The summed E-state index contributed by atoms with van der Waals surface area (Å²) in [5.74, 6) is 0.127. The van der Waals surface area contributed by atoms with Crippen LogP contribution in [0.4, 0.5) is 5.88 Å². The van der Waals surface area contributed by atoms with E-state index < -0.39 is 0 Å². The average molecular weight is 253 g/mol. The highest BCUT2D eigenvalue weighted by molar-refractivity contribution is 6.31. The maximum atomic E-state index is 12.2. The topological polar surface area (TPSA) is 82.2 Å². The molecule has 17 heavy (non-hydrogen) atoms. The van der Waals surface area contributed by atoms with Gasteiger partial charge in [0.05, 0.1) is 10.9 Å². The van der Waals surface area contributed by atoms with Gasteiger partial charge in [-0.25, -0.2) is 0 Å². The third kappa shape index (κ3) is 2.28. The van der Waals surface area contributed by atoms with Gasteiger partial charge in [-0.3, -0.25) is 4.79 Å². The van der Waals surface area contributed by atoms with Crippen LogP contribution in [0.15, 0.2) is 27.4 Å². The van der Waals surface area contributed by atoms with Crippen LogP contribution in [0.2, 0.25) is 5.02 Å². The summed E-state index contributed by atoms with van der Waals surface area (Å²) in [4.78, 5) is 12.2. The van der Waals surface area contributed by atoms with Gasteiger partial charge in [0.25, 0.3) is 0 Å². The number of nitrogen functional groups attached to an aromatic ring is 1. The Morgan fingerprint density at radius 3 is 2.82 bits per heavy atom. The molecule has 1 atom stereocenters. The molecule has 0 aliphatic carbocycles. The number of halogens is 1. The molecule has 0 bridgehead atoms. The highest BCUT2D eigenvalue weighted by atomic mass is 35.5. The third-order valence-corrected chi connectivity index (χ3v) is 2.74. The zero-order valence-electron chi connectivity index (χ0n) is 9.37. The van der Waals surface area contributed by atoms with Crippen molar-refractivity contribution >= 4 is 28.5 Å². The van der Waals surface area contributed by atoms with Crippen LogP contribution in [-0.2, 0) is 6.42 Å². The van der Waals surface area contributed by atoms with E-state index in [1.165, 1.54) is 0 Å². The van der Waals surface area contributed by atoms with Crippen molar-refractivity contribution in [2.75, 3.05) is 5.73 Å². The van der Waals surface area contributed by atoms with Crippen molar-refractivity contribution in [3.63, 3.8) is 0 Å². The van der Waals surface area contributed by atoms with E-state index in [-0.39, 0.29) is 17.4 Å². The van der Waals surface area contributed by atoms with E-state index in [9.17, 15) is 4.79 Å². The van der Waals surface area contributed by atoms with E-state index in [1.807, 2.05) is 0 Å². The minimum Gasteiger partial charge on any atom is -0.440 e. The highest BCUT2D eigenvalue weighted by Gasteiger charge is 2.13. The largest absolute Gasteiger partial charge is 0.440 e. The first-order valence-electron chi connectivity index (χ1n) is 5.25. The molecule has 0 fully saturated rings. The van der Waals surface area contributed by atoms with Gasteiger partial charge in [0.2, 0.25) is 0 Å². The lowest BCUT2D eigenvalue weighted by Gasteiger charge is -2.08. The minimum absolute atomic E-state index is 0.127. The summed E-state index contributed by atoms with van der Waals surface area (Å²) in [6.07, 6.45) is 0.386. The van der Waals surface area contributed by atoms with Crippen LogP contribution in [0.25, 0.3) is 11.0 Å². The van der Waals surface area contributed by atoms with Crippen LogP contribution in [0, 0.1) is 0 Å². The van der Waals surface area contributed by atoms with E-state index in [4.69, 9.17) is 27.5 Å². The first-order chi connectivity index (χ1) is 7.99. The Bertz CT molecular complexity index is 620. The lowest BCUT2D eigenvalue weighted by molar-refractivity contribution is 0.607. The van der Waals surface area contributed by atoms with Crippen molar-refractivity contribution in [2.45, 2.75) is 19.4 Å². The maximum absolute atomic E-state index is 12.2. The molecule has 2 rings (SSSR count). The van der Waals surface area contributed by atoms with Crippen molar-refractivity contribution in [1.82, 2.24) is 0 Å². The summed E-state index contributed by atoms with van der Waals surface area (Å²) in [7, 11) is 0. The second kappa shape index (κ2) is 4.39. The molecule has 4 N–H and O–H groups in total. The summed E-state index contributed by atoms with van der Waals surface area (Å²) >= 11 is 5.85. The van der Waals surface area contributed by atoms with Crippen molar-refractivity contribution in [3.05, 3.63) is 39.0 Å². The Hall–Kier alpha value is -1.52. The second-order valence-electron chi connectivity index (χ2n) is 4.10. The van der Waals surface area contributed by atoms with Gasteiger partial charge in [-0.2, -0.15) is 0 Å². The van der Waals surface area contributed by atoms with Gasteiger partial charge in [0.15, 0.2) is 11.3 Å². The number of fused-ring (bicyclic) bond motifs is 1. The molecular formula is C12H13ClN2O2. The zero-order chi connectivity index (χ0) is 12.6. The molecule has 0 aliphatic rings. The van der Waals surface area contributed by atoms with Gasteiger partial charge in [0.1, 0.15) is 5.58 Å². The molecule has 0 saturated carbocycles. The Labute approximate surface area is 103 Å². The van der Waals surface area contributed by atoms with E-state index in [2.05, 4.69) is 0 Å². The second-order valence-corrected chi connectivity index (χ2v) is 4.53. The van der Waals surface area contributed by atoms with Crippen LogP contribution in [0.1, 0.15) is 12.5 Å². The van der Waals surface area contributed by atoms with Crippen LogP contribution in [-0.4, -0.2) is 6.04 Å². The Kier molecular flexibility index (Phi) is 3.09. The SMILES string of the molecule is CC(N)Cc1c(N)oc2ccc(Cl)cc2c1=O. The average Bonchev–Trinajstić information content (AvgIpc) is 2.25. The summed E-state index contributed by atoms with van der Waals surface area (Å²) in [6, 6.07) is 4.70. The van der Waals surface area contributed by atoms with Crippen LogP contribution < -0.4 is 16.9 Å². The Morgan fingerprint density at radius 1 is 1.47 bits per heavy atom. The van der Waals surface area contributed by atoms with Crippen molar-refractivity contribution in [3.8, 4) is 0 Å². The molecule has 1 aromatic heterocycles. The molecule has 0 saturated heterocycles. The van der Waals surface area contributed by atoms with E-state index in [0.717, 1.165) is 0 Å². The number of anilines is 1. The first-order valence-corrected chi connectivity index (χ1v) is 5.63. The normalized spacial score (nSPS) is 12.9. The molecule has 90 valence electrons. The lowest BCUT2D eigenvalue weighted by Crippen LogP contribution is -2.23. The predicted molar refractivity (Wildman–Crippen MR) is 69.3 cm³/mol. The van der Waals surface area contributed by atoms with Gasteiger partial charge in [0, 0.05) is 11.1 Å². The smallest absolute Gasteiger partial charge is 0.198 e. The van der Waals surface area contributed by atoms with Crippen molar-refractivity contribution < 1.29 is 4.42 Å². The number of benzene rings is 1. The summed E-state index contributed by atoms with van der Waals surface area (Å²) in [5, 5.41) is 0.920. The molecule has 1 unspecified atom stereocenters. The van der Waals surface area contributed by atoms with Gasteiger partial charge in [-0.1, -0.05) is 11.6 Å². The fourth-order valence-electron chi connectivity index (χ4n) is 1.74. The van der Waals surface area contributed by atoms with Crippen LogP contribution >= 0.6 is 11.6 Å². The zero-order valence-corrected chi connectivity index (χ0v) is 10.1. The molecule has 2 aromatic rings. The molecule has 0 radical (unpaired) electrons. The first kappa shape index (κ1) is 12.0. The maximum Gasteiger partial charge on any atom is 0.198 e. The number of nitrogens with two attached hydrogens (primary N) is 2. The molecular weight excluding hydrogens is 240 g/mol. The predicted octanol–water partition coefficient (Wildman–Crippen LogP) is 1.92. The molecule has 1 aromatic carbocycles. The van der Waals surface area contributed by atoms with E-state index in [1.54, 1.807) is 25.1 Å². The lowest BCUT2D eigenvalue weighted by atomic mass is 10.1. The van der Waals surface area contributed by atoms with E-state index >= 15 is 0 Å². The number of hydrogen-bond donors (Lipinski definition) is 2. The number of rotatable bonds is 2. The van der Waals surface area contributed by atoms with Crippen molar-refractivity contribution in [1.29, 1.82) is 0 Å². The third-order valence-electron chi connectivity index (χ3n) is 2.50.